The van der Waals surface area contributed by atoms with Gasteiger partial charge in [-0.3, -0.25) is 4.79 Å². The lowest BCUT2D eigenvalue weighted by Crippen LogP contribution is -2.40. The van der Waals surface area contributed by atoms with Gasteiger partial charge in [0.15, 0.2) is 0 Å². The molecule has 1 amide bonds. The van der Waals surface area contributed by atoms with E-state index in [1.165, 1.54) is 10.4 Å². The van der Waals surface area contributed by atoms with Crippen molar-refractivity contribution in [2.75, 3.05) is 20.2 Å². The minimum absolute atomic E-state index is 0.192. The fourth-order valence-corrected chi connectivity index (χ4v) is 3.51. The summed E-state index contributed by atoms with van der Waals surface area (Å²) in [6.07, 6.45) is 3.23. The van der Waals surface area contributed by atoms with Crippen LogP contribution in [0.25, 0.3) is 0 Å². The zero-order chi connectivity index (χ0) is 13.1. The molecule has 1 aliphatic heterocycles. The summed E-state index contributed by atoms with van der Waals surface area (Å²) >= 11 is 1.62. The zero-order valence-corrected chi connectivity index (χ0v) is 12.2. The first-order valence-electron chi connectivity index (χ1n) is 6.57. The van der Waals surface area contributed by atoms with E-state index >= 15 is 0 Å². The SMILES string of the molecule is CCc1cc(C(=O)N2CCC(OC)CC2)sc1C. The number of rotatable bonds is 3. The highest BCUT2D eigenvalue weighted by Gasteiger charge is 2.24. The van der Waals surface area contributed by atoms with Crippen molar-refractivity contribution in [3.05, 3.63) is 21.4 Å². The number of aryl methyl sites for hydroxylation is 2. The van der Waals surface area contributed by atoms with Crippen LogP contribution in [0.5, 0.6) is 0 Å². The van der Waals surface area contributed by atoms with Crippen LogP contribution in [-0.4, -0.2) is 37.1 Å². The van der Waals surface area contributed by atoms with E-state index in [0.717, 1.165) is 37.2 Å². The number of methoxy groups -OCH3 is 1. The van der Waals surface area contributed by atoms with Crippen molar-refractivity contribution in [2.24, 2.45) is 0 Å². The normalized spacial score (nSPS) is 17.2. The Morgan fingerprint density at radius 1 is 1.50 bits per heavy atom. The number of likely N-dealkylation sites (tertiary alicyclic amines) is 1. The first-order valence-corrected chi connectivity index (χ1v) is 7.38. The molecule has 1 aromatic rings. The van der Waals surface area contributed by atoms with Crippen molar-refractivity contribution in [1.29, 1.82) is 0 Å². The second-order valence-electron chi connectivity index (χ2n) is 4.77. The quantitative estimate of drug-likeness (QED) is 0.843. The summed E-state index contributed by atoms with van der Waals surface area (Å²) in [5.41, 5.74) is 1.30. The molecule has 0 bridgehead atoms. The molecule has 1 fully saturated rings. The Bertz CT molecular complexity index is 419. The fourth-order valence-electron chi connectivity index (χ4n) is 2.43. The van der Waals surface area contributed by atoms with Gasteiger partial charge in [-0.05, 0) is 37.8 Å². The second kappa shape index (κ2) is 5.85. The minimum Gasteiger partial charge on any atom is -0.381 e. The molecule has 2 rings (SSSR count). The molecule has 2 heterocycles. The van der Waals surface area contributed by atoms with Crippen LogP contribution >= 0.6 is 11.3 Å². The number of ether oxygens (including phenoxy) is 1. The maximum atomic E-state index is 12.4. The molecule has 3 nitrogen and oxygen atoms in total. The van der Waals surface area contributed by atoms with E-state index in [0.29, 0.717) is 6.10 Å². The number of hydrogen-bond donors (Lipinski definition) is 0. The maximum Gasteiger partial charge on any atom is 0.263 e. The molecule has 0 radical (unpaired) electrons. The van der Waals surface area contributed by atoms with Crippen LogP contribution in [0.4, 0.5) is 0 Å². The van der Waals surface area contributed by atoms with Crippen molar-refractivity contribution in [3.63, 3.8) is 0 Å². The number of amides is 1. The van der Waals surface area contributed by atoms with Crippen molar-refractivity contribution in [3.8, 4) is 0 Å². The third kappa shape index (κ3) is 2.75. The Morgan fingerprint density at radius 2 is 2.17 bits per heavy atom. The lowest BCUT2D eigenvalue weighted by atomic mass is 10.1. The van der Waals surface area contributed by atoms with E-state index in [9.17, 15) is 4.79 Å². The van der Waals surface area contributed by atoms with Crippen LogP contribution in [-0.2, 0) is 11.2 Å². The summed E-state index contributed by atoms with van der Waals surface area (Å²) < 4.78 is 5.33. The van der Waals surface area contributed by atoms with Crippen molar-refractivity contribution < 1.29 is 9.53 Å². The van der Waals surface area contributed by atoms with E-state index in [4.69, 9.17) is 4.74 Å². The molecule has 1 saturated heterocycles. The first-order chi connectivity index (χ1) is 8.65. The van der Waals surface area contributed by atoms with Crippen LogP contribution in [0.3, 0.4) is 0 Å². The predicted molar refractivity (Wildman–Crippen MR) is 74.4 cm³/mol. The second-order valence-corrected chi connectivity index (χ2v) is 6.03. The highest BCUT2D eigenvalue weighted by atomic mass is 32.1. The lowest BCUT2D eigenvalue weighted by Gasteiger charge is -2.30. The van der Waals surface area contributed by atoms with Gasteiger partial charge in [-0.1, -0.05) is 6.92 Å². The van der Waals surface area contributed by atoms with Gasteiger partial charge in [0.1, 0.15) is 0 Å². The molecular formula is C14H21NO2S. The molecule has 0 unspecified atom stereocenters. The van der Waals surface area contributed by atoms with E-state index in [2.05, 4.69) is 19.9 Å². The molecule has 100 valence electrons. The monoisotopic (exact) mass is 267 g/mol. The topological polar surface area (TPSA) is 29.5 Å². The summed E-state index contributed by atoms with van der Waals surface area (Å²) in [5, 5.41) is 0. The van der Waals surface area contributed by atoms with E-state index in [-0.39, 0.29) is 5.91 Å². The number of thiophene rings is 1. The highest BCUT2D eigenvalue weighted by molar-refractivity contribution is 7.14. The van der Waals surface area contributed by atoms with Gasteiger partial charge < -0.3 is 9.64 Å². The summed E-state index contributed by atoms with van der Waals surface area (Å²) in [5.74, 6) is 0.192. The Balaban J connectivity index is 2.03. The van der Waals surface area contributed by atoms with Gasteiger partial charge in [-0.2, -0.15) is 0 Å². The van der Waals surface area contributed by atoms with Crippen LogP contribution < -0.4 is 0 Å². The van der Waals surface area contributed by atoms with Gasteiger partial charge in [-0.25, -0.2) is 0 Å². The average molecular weight is 267 g/mol. The van der Waals surface area contributed by atoms with E-state index < -0.39 is 0 Å². The molecule has 0 aliphatic carbocycles. The number of piperidine rings is 1. The summed E-state index contributed by atoms with van der Waals surface area (Å²) in [6.45, 7) is 5.86. The molecule has 0 atom stereocenters. The number of hydrogen-bond acceptors (Lipinski definition) is 3. The van der Waals surface area contributed by atoms with Gasteiger partial charge in [0.05, 0.1) is 11.0 Å². The van der Waals surface area contributed by atoms with Crippen LogP contribution in [0, 0.1) is 6.92 Å². The fraction of sp³-hybridized carbons (Fsp3) is 0.643. The van der Waals surface area contributed by atoms with Gasteiger partial charge in [0.25, 0.3) is 5.91 Å². The number of nitrogens with zero attached hydrogens (tertiary/aromatic N) is 1. The smallest absolute Gasteiger partial charge is 0.263 e. The third-order valence-electron chi connectivity index (χ3n) is 3.67. The van der Waals surface area contributed by atoms with Gasteiger partial charge in [0, 0.05) is 25.1 Å². The molecule has 1 aromatic heterocycles. The molecular weight excluding hydrogens is 246 g/mol. The Labute approximate surface area is 113 Å². The molecule has 0 N–H and O–H groups in total. The third-order valence-corrected chi connectivity index (χ3v) is 4.76. The molecule has 1 aliphatic rings. The predicted octanol–water partition coefficient (Wildman–Crippen LogP) is 2.87. The van der Waals surface area contributed by atoms with Crippen LogP contribution in [0.15, 0.2) is 6.07 Å². The van der Waals surface area contributed by atoms with E-state index in [1.807, 2.05) is 4.90 Å². The van der Waals surface area contributed by atoms with E-state index in [1.54, 1.807) is 18.4 Å². The Kier molecular flexibility index (Phi) is 4.40. The Morgan fingerprint density at radius 3 is 2.67 bits per heavy atom. The Hall–Kier alpha value is -0.870. The molecule has 18 heavy (non-hydrogen) atoms. The van der Waals surface area contributed by atoms with Crippen molar-refractivity contribution in [1.82, 2.24) is 4.90 Å². The van der Waals surface area contributed by atoms with Gasteiger partial charge in [-0.15, -0.1) is 11.3 Å². The summed E-state index contributed by atoms with van der Waals surface area (Å²) in [7, 11) is 1.75. The lowest BCUT2D eigenvalue weighted by molar-refractivity contribution is 0.0353. The molecule has 0 aromatic carbocycles. The molecule has 0 saturated carbocycles. The first kappa shape index (κ1) is 13.6. The average Bonchev–Trinajstić information content (AvgIpc) is 2.79. The number of carbonyl (C=O) groups is 1. The van der Waals surface area contributed by atoms with Crippen LogP contribution in [0.2, 0.25) is 0 Å². The standard InChI is InChI=1S/C14H21NO2S/c1-4-11-9-13(18-10(11)2)14(16)15-7-5-12(17-3)6-8-15/h9,12H,4-8H2,1-3H3. The molecule has 4 heteroatoms. The number of carbonyl (C=O) groups excluding carboxylic acids is 1. The summed E-state index contributed by atoms with van der Waals surface area (Å²) in [6, 6.07) is 2.06. The summed E-state index contributed by atoms with van der Waals surface area (Å²) in [4.78, 5) is 16.5. The van der Waals surface area contributed by atoms with Crippen LogP contribution in [0.1, 0.15) is 39.9 Å². The minimum atomic E-state index is 0.192. The van der Waals surface area contributed by atoms with Gasteiger partial charge >= 0.3 is 0 Å². The van der Waals surface area contributed by atoms with Gasteiger partial charge in [0.2, 0.25) is 0 Å². The largest absolute Gasteiger partial charge is 0.381 e. The zero-order valence-electron chi connectivity index (χ0n) is 11.4. The van der Waals surface area contributed by atoms with Crippen molar-refractivity contribution >= 4 is 17.2 Å². The highest BCUT2D eigenvalue weighted by Crippen LogP contribution is 2.24. The molecule has 0 spiro atoms. The van der Waals surface area contributed by atoms with Crippen molar-refractivity contribution in [2.45, 2.75) is 39.2 Å². The maximum absolute atomic E-state index is 12.4.